The molecule has 7 heteroatoms. The molecule has 21 heavy (non-hydrogen) atoms. The minimum Gasteiger partial charge on any atom is -0.334 e. The van der Waals surface area contributed by atoms with E-state index >= 15 is 0 Å². The van der Waals surface area contributed by atoms with E-state index in [9.17, 15) is 9.59 Å². The van der Waals surface area contributed by atoms with Gasteiger partial charge in [0, 0.05) is 0 Å². The molecule has 1 N–H and O–H groups in total. The number of quaternary nitrogens is 1. The molecule has 0 bridgehead atoms. The van der Waals surface area contributed by atoms with Crippen molar-refractivity contribution in [1.29, 1.82) is 0 Å². The molecule has 2 amide bonds. The van der Waals surface area contributed by atoms with Gasteiger partial charge in [0.1, 0.15) is 11.9 Å². The molecule has 1 aromatic rings. The maximum atomic E-state index is 12.4. The van der Waals surface area contributed by atoms with Crippen molar-refractivity contribution in [3.63, 3.8) is 0 Å². The summed E-state index contributed by atoms with van der Waals surface area (Å²) in [4.78, 5) is 29.6. The monoisotopic (exact) mass is 326 g/mol. The van der Waals surface area contributed by atoms with Crippen LogP contribution in [0.4, 0.5) is 0 Å². The predicted octanol–water partition coefficient (Wildman–Crippen LogP) is -0.321. The second-order valence-electron chi connectivity index (χ2n) is 5.58. The molecular weight excluding hydrogens is 306 g/mol. The Bertz CT molecular complexity index is 512. The van der Waals surface area contributed by atoms with Gasteiger partial charge in [-0.25, -0.2) is 0 Å². The molecule has 0 aromatic carbocycles. The van der Waals surface area contributed by atoms with Crippen LogP contribution in [0, 0.1) is 0 Å². The molecule has 2 saturated heterocycles. The van der Waals surface area contributed by atoms with Crippen LogP contribution in [0.15, 0.2) is 16.8 Å². The van der Waals surface area contributed by atoms with Gasteiger partial charge in [0.25, 0.3) is 0 Å². The molecule has 2 fully saturated rings. The van der Waals surface area contributed by atoms with E-state index in [1.54, 1.807) is 28.0 Å². The standard InChI is InChI=1S/C14H19N3O2S2/c1-15-3-5-16(6-4-15)12(18)8-17-13(19)10-21-14(17)11-2-7-20-9-11/h2,7,9,14H,3-6,8,10H2,1H3/p+1/t14-/m1/s1. The van der Waals surface area contributed by atoms with E-state index in [1.807, 2.05) is 16.3 Å². The zero-order valence-corrected chi connectivity index (χ0v) is 13.7. The van der Waals surface area contributed by atoms with Crippen LogP contribution in [-0.4, -0.2) is 67.1 Å². The maximum Gasteiger partial charge on any atom is 0.242 e. The highest BCUT2D eigenvalue weighted by molar-refractivity contribution is 8.00. The van der Waals surface area contributed by atoms with E-state index in [1.165, 1.54) is 4.90 Å². The van der Waals surface area contributed by atoms with Gasteiger partial charge in [-0.2, -0.15) is 11.3 Å². The highest BCUT2D eigenvalue weighted by Gasteiger charge is 2.35. The number of thiophene rings is 1. The van der Waals surface area contributed by atoms with Crippen LogP contribution in [0.5, 0.6) is 0 Å². The molecule has 0 radical (unpaired) electrons. The Balaban J connectivity index is 1.64. The molecule has 2 aliphatic heterocycles. The van der Waals surface area contributed by atoms with Crippen LogP contribution in [0.25, 0.3) is 0 Å². The maximum absolute atomic E-state index is 12.4. The normalized spacial score (nSPS) is 23.9. The van der Waals surface area contributed by atoms with Crippen molar-refractivity contribution >= 4 is 34.9 Å². The summed E-state index contributed by atoms with van der Waals surface area (Å²) in [6.07, 6.45) is 0. The Morgan fingerprint density at radius 3 is 2.86 bits per heavy atom. The largest absolute Gasteiger partial charge is 0.334 e. The lowest BCUT2D eigenvalue weighted by atomic mass is 10.2. The molecular formula is C14H20N3O2S2+. The number of rotatable bonds is 3. The molecule has 3 heterocycles. The van der Waals surface area contributed by atoms with Gasteiger partial charge in [-0.3, -0.25) is 9.59 Å². The molecule has 0 aliphatic carbocycles. The fourth-order valence-electron chi connectivity index (χ4n) is 2.70. The number of hydrogen-bond acceptors (Lipinski definition) is 4. The lowest BCUT2D eigenvalue weighted by molar-refractivity contribution is -0.883. The Morgan fingerprint density at radius 1 is 1.43 bits per heavy atom. The number of thioether (sulfide) groups is 1. The van der Waals surface area contributed by atoms with Crippen molar-refractivity contribution in [2.75, 3.05) is 45.5 Å². The van der Waals surface area contributed by atoms with E-state index < -0.39 is 0 Å². The molecule has 0 saturated carbocycles. The van der Waals surface area contributed by atoms with Gasteiger partial charge in [-0.1, -0.05) is 0 Å². The summed E-state index contributed by atoms with van der Waals surface area (Å²) >= 11 is 3.24. The third kappa shape index (κ3) is 3.25. The number of hydrogen-bond donors (Lipinski definition) is 1. The average molecular weight is 326 g/mol. The number of carbonyl (C=O) groups is 2. The first-order valence-corrected chi connectivity index (χ1v) is 9.16. The Kier molecular flexibility index (Phi) is 4.51. The Hall–Kier alpha value is -1.05. The van der Waals surface area contributed by atoms with Crippen LogP contribution in [0.1, 0.15) is 10.9 Å². The number of likely N-dealkylation sites (N-methyl/N-ethyl adjacent to an activating group) is 1. The molecule has 0 spiro atoms. The topological polar surface area (TPSA) is 45.1 Å². The van der Waals surface area contributed by atoms with Crippen LogP contribution >= 0.6 is 23.1 Å². The number of nitrogens with zero attached hydrogens (tertiary/aromatic N) is 2. The number of nitrogens with one attached hydrogen (secondary N) is 1. The average Bonchev–Trinajstić information content (AvgIpc) is 3.10. The third-order valence-corrected chi connectivity index (χ3v) is 6.03. The summed E-state index contributed by atoms with van der Waals surface area (Å²) in [5, 5.41) is 4.08. The van der Waals surface area contributed by atoms with Gasteiger partial charge in [0.2, 0.25) is 11.8 Å². The second kappa shape index (κ2) is 6.37. The van der Waals surface area contributed by atoms with Crippen LogP contribution in [0.2, 0.25) is 0 Å². The molecule has 114 valence electrons. The summed E-state index contributed by atoms with van der Waals surface area (Å²) in [5.74, 6) is 0.628. The minimum absolute atomic E-state index is 0.00536. The molecule has 0 unspecified atom stereocenters. The molecule has 1 atom stereocenters. The Morgan fingerprint density at radius 2 is 2.19 bits per heavy atom. The summed E-state index contributed by atoms with van der Waals surface area (Å²) < 4.78 is 0. The highest BCUT2D eigenvalue weighted by Crippen LogP contribution is 2.39. The first-order valence-electron chi connectivity index (χ1n) is 7.17. The van der Waals surface area contributed by atoms with Crippen molar-refractivity contribution in [3.8, 4) is 0 Å². The molecule has 3 rings (SSSR count). The second-order valence-corrected chi connectivity index (χ2v) is 7.43. The van der Waals surface area contributed by atoms with Gasteiger partial charge >= 0.3 is 0 Å². The highest BCUT2D eigenvalue weighted by atomic mass is 32.2. The number of piperazine rings is 1. The molecule has 1 aromatic heterocycles. The zero-order valence-electron chi connectivity index (χ0n) is 12.1. The lowest BCUT2D eigenvalue weighted by Gasteiger charge is -2.32. The molecule has 5 nitrogen and oxygen atoms in total. The fourth-order valence-corrected chi connectivity index (χ4v) is 4.64. The zero-order chi connectivity index (χ0) is 14.8. The van der Waals surface area contributed by atoms with Crippen molar-refractivity contribution in [2.45, 2.75) is 5.37 Å². The van der Waals surface area contributed by atoms with E-state index in [4.69, 9.17) is 0 Å². The first kappa shape index (κ1) is 14.9. The number of carbonyl (C=O) groups excluding carboxylic acids is 2. The first-order chi connectivity index (χ1) is 10.1. The Labute approximate surface area is 132 Å². The fraction of sp³-hybridized carbons (Fsp3) is 0.571. The molecule has 2 aliphatic rings. The van der Waals surface area contributed by atoms with Crippen LogP contribution < -0.4 is 4.90 Å². The van der Waals surface area contributed by atoms with Gasteiger partial charge < -0.3 is 14.7 Å². The van der Waals surface area contributed by atoms with Gasteiger partial charge in [0.05, 0.1) is 39.0 Å². The minimum atomic E-state index is 0.00536. The van der Waals surface area contributed by atoms with Crippen LogP contribution in [-0.2, 0) is 9.59 Å². The summed E-state index contributed by atoms with van der Waals surface area (Å²) in [6, 6.07) is 2.04. The van der Waals surface area contributed by atoms with Crippen molar-refractivity contribution in [1.82, 2.24) is 9.80 Å². The predicted molar refractivity (Wildman–Crippen MR) is 84.4 cm³/mol. The van der Waals surface area contributed by atoms with E-state index in [0.717, 1.165) is 31.7 Å². The third-order valence-electron chi connectivity index (χ3n) is 4.07. The van der Waals surface area contributed by atoms with Crippen LogP contribution in [0.3, 0.4) is 0 Å². The smallest absolute Gasteiger partial charge is 0.242 e. The van der Waals surface area contributed by atoms with Gasteiger partial charge in [-0.05, 0) is 22.4 Å². The van der Waals surface area contributed by atoms with Crippen molar-refractivity contribution in [2.24, 2.45) is 0 Å². The van der Waals surface area contributed by atoms with Crippen molar-refractivity contribution < 1.29 is 14.5 Å². The summed E-state index contributed by atoms with van der Waals surface area (Å²) in [5.41, 5.74) is 1.13. The van der Waals surface area contributed by atoms with E-state index in [2.05, 4.69) is 12.4 Å². The SMILES string of the molecule is C[NH+]1CCN(C(=O)CN2C(=O)CS[C@@H]2c2ccsc2)CC1. The summed E-state index contributed by atoms with van der Waals surface area (Å²) in [7, 11) is 2.15. The lowest BCUT2D eigenvalue weighted by Crippen LogP contribution is -3.12. The van der Waals surface area contributed by atoms with E-state index in [-0.39, 0.29) is 23.7 Å². The van der Waals surface area contributed by atoms with Gasteiger partial charge in [0.15, 0.2) is 0 Å². The quantitative estimate of drug-likeness (QED) is 0.828. The van der Waals surface area contributed by atoms with E-state index in [0.29, 0.717) is 5.75 Å². The number of amides is 2. The van der Waals surface area contributed by atoms with Gasteiger partial charge in [-0.15, -0.1) is 11.8 Å². The van der Waals surface area contributed by atoms with Crippen molar-refractivity contribution in [3.05, 3.63) is 22.4 Å². The summed E-state index contributed by atoms with van der Waals surface area (Å²) in [6.45, 7) is 3.78.